The van der Waals surface area contributed by atoms with Gasteiger partial charge in [-0.05, 0) is 101 Å². The SMILES string of the molecule is CC(C)(C)c1ccc(-c2ccc(-c3nc4ccccc4n3-c3ccccc3)c(-c3nc4ccccc4n3-c3ccccc3)c2-c2nc3ccccc3n2-c2ccccc2)cc1. The first-order valence-electron chi connectivity index (χ1n) is 20.8. The Morgan fingerprint density at radius 3 is 1.10 bits per heavy atom. The fraction of sp³-hybridized carbons (Fsp3) is 0.0727. The monoisotopic (exact) mass is 786 g/mol. The van der Waals surface area contributed by atoms with Gasteiger partial charge >= 0.3 is 0 Å². The Kier molecular flexibility index (Phi) is 8.60. The number of aromatic nitrogens is 6. The molecule has 0 aliphatic carbocycles. The lowest BCUT2D eigenvalue weighted by Gasteiger charge is -2.23. The molecule has 3 heterocycles. The maximum Gasteiger partial charge on any atom is 0.147 e. The highest BCUT2D eigenvalue weighted by Crippen LogP contribution is 2.48. The van der Waals surface area contributed by atoms with Gasteiger partial charge in [0.05, 0.1) is 33.1 Å². The molecule has 11 rings (SSSR count). The van der Waals surface area contributed by atoms with Crippen molar-refractivity contribution in [1.29, 1.82) is 0 Å². The summed E-state index contributed by atoms with van der Waals surface area (Å²) in [5.74, 6) is 2.42. The van der Waals surface area contributed by atoms with E-state index in [1.807, 2.05) is 0 Å². The molecule has 0 fully saturated rings. The van der Waals surface area contributed by atoms with Crippen molar-refractivity contribution in [3.05, 3.63) is 206 Å². The highest BCUT2D eigenvalue weighted by Gasteiger charge is 2.30. The Morgan fingerprint density at radius 1 is 0.328 bits per heavy atom. The summed E-state index contributed by atoms with van der Waals surface area (Å²) in [5.41, 5.74) is 15.0. The number of hydrogen-bond acceptors (Lipinski definition) is 3. The number of imidazole rings is 3. The third-order valence-electron chi connectivity index (χ3n) is 11.7. The average molecular weight is 787 g/mol. The standard InChI is InChI=1S/C55H42N6/c1-55(2,3)38-33-31-37(32-34-38)42-35-36-43(52-56-44-25-13-16-28-47(44)59(52)39-19-7-4-8-20-39)51(54-58-46-27-15-18-30-49(46)61(54)41-23-11-6-12-24-41)50(42)53-57-45-26-14-17-29-48(45)60(53)40-21-9-5-10-22-40/h4-36H,1-3H3. The highest BCUT2D eigenvalue weighted by atomic mass is 15.1. The smallest absolute Gasteiger partial charge is 0.147 e. The summed E-state index contributed by atoms with van der Waals surface area (Å²) in [5, 5.41) is 0. The molecule has 0 spiro atoms. The maximum atomic E-state index is 5.61. The van der Waals surface area contributed by atoms with Crippen molar-refractivity contribution in [1.82, 2.24) is 28.7 Å². The lowest BCUT2D eigenvalue weighted by atomic mass is 9.85. The first-order chi connectivity index (χ1) is 29.9. The minimum absolute atomic E-state index is 0.00523. The molecular formula is C55H42N6. The van der Waals surface area contributed by atoms with Crippen LogP contribution in [0, 0.1) is 0 Å². The molecule has 0 unspecified atom stereocenters. The van der Waals surface area contributed by atoms with Crippen molar-refractivity contribution in [3.63, 3.8) is 0 Å². The first-order valence-corrected chi connectivity index (χ1v) is 20.8. The molecule has 6 nitrogen and oxygen atoms in total. The predicted octanol–water partition coefficient (Wildman–Crippen LogP) is 13.7. The second kappa shape index (κ2) is 14.5. The normalized spacial score (nSPS) is 11.9. The van der Waals surface area contributed by atoms with E-state index < -0.39 is 0 Å². The molecule has 0 radical (unpaired) electrons. The van der Waals surface area contributed by atoms with E-state index in [0.717, 1.165) is 95.5 Å². The largest absolute Gasteiger partial charge is 0.292 e. The number of para-hydroxylation sites is 9. The molecule has 8 aromatic carbocycles. The number of rotatable bonds is 7. The molecule has 0 N–H and O–H groups in total. The summed E-state index contributed by atoms with van der Waals surface area (Å²) < 4.78 is 6.89. The summed E-state index contributed by atoms with van der Waals surface area (Å²) in [7, 11) is 0. The van der Waals surface area contributed by atoms with E-state index in [4.69, 9.17) is 15.0 Å². The van der Waals surface area contributed by atoms with Crippen LogP contribution in [0.2, 0.25) is 0 Å². The molecule has 6 heteroatoms. The zero-order chi connectivity index (χ0) is 41.1. The van der Waals surface area contributed by atoms with E-state index in [1.54, 1.807) is 0 Å². The van der Waals surface area contributed by atoms with E-state index >= 15 is 0 Å². The summed E-state index contributed by atoms with van der Waals surface area (Å²) in [4.78, 5) is 16.7. The van der Waals surface area contributed by atoms with Crippen molar-refractivity contribution in [2.24, 2.45) is 0 Å². The van der Waals surface area contributed by atoms with Gasteiger partial charge in [-0.2, -0.15) is 0 Å². The van der Waals surface area contributed by atoms with Gasteiger partial charge in [-0.1, -0.05) is 142 Å². The molecule has 61 heavy (non-hydrogen) atoms. The third kappa shape index (κ3) is 6.15. The van der Waals surface area contributed by atoms with Crippen molar-refractivity contribution >= 4 is 33.1 Å². The Morgan fingerprint density at radius 2 is 0.672 bits per heavy atom. The fourth-order valence-electron chi connectivity index (χ4n) is 8.75. The molecule has 0 bridgehead atoms. The van der Waals surface area contributed by atoms with Crippen LogP contribution in [0.15, 0.2) is 200 Å². The topological polar surface area (TPSA) is 53.5 Å². The van der Waals surface area contributed by atoms with Crippen LogP contribution in [0.4, 0.5) is 0 Å². The molecule has 292 valence electrons. The van der Waals surface area contributed by atoms with Crippen LogP contribution in [0.25, 0.3) is 95.5 Å². The van der Waals surface area contributed by atoms with E-state index in [0.29, 0.717) is 0 Å². The summed E-state index contributed by atoms with van der Waals surface area (Å²) in [6, 6.07) is 70.4. The van der Waals surface area contributed by atoms with Crippen molar-refractivity contribution < 1.29 is 0 Å². The van der Waals surface area contributed by atoms with E-state index in [9.17, 15) is 0 Å². The molecular weight excluding hydrogens is 745 g/mol. The van der Waals surface area contributed by atoms with Crippen LogP contribution in [-0.4, -0.2) is 28.7 Å². The fourth-order valence-corrected chi connectivity index (χ4v) is 8.75. The van der Waals surface area contributed by atoms with Crippen molar-refractivity contribution in [2.45, 2.75) is 26.2 Å². The number of nitrogens with zero attached hydrogens (tertiary/aromatic N) is 6. The Labute approximate surface area is 354 Å². The zero-order valence-corrected chi connectivity index (χ0v) is 34.2. The van der Waals surface area contributed by atoms with Crippen LogP contribution in [0.3, 0.4) is 0 Å². The molecule has 11 aromatic rings. The van der Waals surface area contributed by atoms with Gasteiger partial charge in [0.25, 0.3) is 0 Å². The van der Waals surface area contributed by atoms with Gasteiger partial charge in [0.2, 0.25) is 0 Å². The van der Waals surface area contributed by atoms with Gasteiger partial charge in [-0.25, -0.2) is 15.0 Å². The Hall–Kier alpha value is -7.83. The van der Waals surface area contributed by atoms with Gasteiger partial charge in [0, 0.05) is 33.8 Å². The quantitative estimate of drug-likeness (QED) is 0.162. The summed E-state index contributed by atoms with van der Waals surface area (Å²) in [6.07, 6.45) is 0. The third-order valence-corrected chi connectivity index (χ3v) is 11.7. The minimum Gasteiger partial charge on any atom is -0.292 e. The van der Waals surface area contributed by atoms with Crippen molar-refractivity contribution in [3.8, 4) is 62.4 Å². The molecule has 0 saturated heterocycles. The molecule has 0 atom stereocenters. The van der Waals surface area contributed by atoms with Crippen molar-refractivity contribution in [2.75, 3.05) is 0 Å². The van der Waals surface area contributed by atoms with Gasteiger partial charge in [0.1, 0.15) is 17.5 Å². The number of benzene rings is 8. The minimum atomic E-state index is -0.00523. The van der Waals surface area contributed by atoms with E-state index in [2.05, 4.69) is 235 Å². The van der Waals surface area contributed by atoms with Gasteiger partial charge in [-0.15, -0.1) is 0 Å². The van der Waals surface area contributed by atoms with Gasteiger partial charge in [-0.3, -0.25) is 13.7 Å². The Balaban J connectivity index is 1.36. The van der Waals surface area contributed by atoms with Gasteiger partial charge in [0.15, 0.2) is 0 Å². The lowest BCUT2D eigenvalue weighted by Crippen LogP contribution is -2.10. The van der Waals surface area contributed by atoms with Crippen LogP contribution in [-0.2, 0) is 5.41 Å². The molecule has 0 aliphatic rings. The first kappa shape index (κ1) is 36.3. The number of fused-ring (bicyclic) bond motifs is 3. The second-order valence-electron chi connectivity index (χ2n) is 16.5. The highest BCUT2D eigenvalue weighted by molar-refractivity contribution is 6.03. The van der Waals surface area contributed by atoms with Crippen LogP contribution >= 0.6 is 0 Å². The maximum absolute atomic E-state index is 5.61. The molecule has 0 aliphatic heterocycles. The molecule has 0 saturated carbocycles. The van der Waals surface area contributed by atoms with Crippen LogP contribution < -0.4 is 0 Å². The molecule has 0 amide bonds. The zero-order valence-electron chi connectivity index (χ0n) is 34.2. The molecule has 3 aromatic heterocycles. The summed E-state index contributed by atoms with van der Waals surface area (Å²) in [6.45, 7) is 6.78. The predicted molar refractivity (Wildman–Crippen MR) is 251 cm³/mol. The number of hydrogen-bond donors (Lipinski definition) is 0. The second-order valence-corrected chi connectivity index (χ2v) is 16.5. The van der Waals surface area contributed by atoms with Crippen LogP contribution in [0.5, 0.6) is 0 Å². The van der Waals surface area contributed by atoms with Gasteiger partial charge < -0.3 is 0 Å². The Bertz CT molecular complexity index is 3370. The van der Waals surface area contributed by atoms with E-state index in [-0.39, 0.29) is 5.41 Å². The van der Waals surface area contributed by atoms with Crippen LogP contribution in [0.1, 0.15) is 26.3 Å². The lowest BCUT2D eigenvalue weighted by molar-refractivity contribution is 0.590. The summed E-state index contributed by atoms with van der Waals surface area (Å²) >= 11 is 0. The average Bonchev–Trinajstić information content (AvgIpc) is 4.01. The van der Waals surface area contributed by atoms with E-state index in [1.165, 1.54) is 5.56 Å².